The van der Waals surface area contributed by atoms with E-state index < -0.39 is 0 Å². The van der Waals surface area contributed by atoms with Crippen molar-refractivity contribution in [3.8, 4) is 0 Å². The van der Waals surface area contributed by atoms with E-state index in [1.807, 2.05) is 19.3 Å². The highest BCUT2D eigenvalue weighted by Crippen LogP contribution is 2.22. The number of rotatable bonds is 5. The van der Waals surface area contributed by atoms with E-state index in [0.29, 0.717) is 0 Å². The Labute approximate surface area is 187 Å². The lowest BCUT2D eigenvalue weighted by Gasteiger charge is -2.35. The minimum Gasteiger partial charge on any atom is -0.354 e. The Morgan fingerprint density at radius 1 is 1.00 bits per heavy atom. The topological polar surface area (TPSA) is 47.0 Å². The molecule has 2 fully saturated rings. The second-order valence-corrected chi connectivity index (χ2v) is 8.80. The Kier molecular flexibility index (Phi) is 7.41. The zero-order valence-electron chi connectivity index (χ0n) is 19.0. The molecular formula is C25H36N6. The monoisotopic (exact) mass is 420 g/mol. The number of nitrogens with one attached hydrogen (secondary N) is 1. The van der Waals surface area contributed by atoms with Crippen LogP contribution in [0.1, 0.15) is 24.0 Å². The fourth-order valence-electron chi connectivity index (χ4n) is 4.67. The van der Waals surface area contributed by atoms with Crippen LogP contribution in [-0.4, -0.2) is 74.1 Å². The molecule has 2 aliphatic heterocycles. The van der Waals surface area contributed by atoms with Crippen LogP contribution >= 0.6 is 0 Å². The van der Waals surface area contributed by atoms with Crippen LogP contribution < -0.4 is 10.2 Å². The minimum atomic E-state index is 0.756. The summed E-state index contributed by atoms with van der Waals surface area (Å²) in [7, 11) is 4.08. The molecule has 1 aromatic carbocycles. The van der Waals surface area contributed by atoms with E-state index in [2.05, 4.69) is 68.5 Å². The number of guanidine groups is 1. The molecule has 6 nitrogen and oxygen atoms in total. The Morgan fingerprint density at radius 2 is 1.74 bits per heavy atom. The van der Waals surface area contributed by atoms with Gasteiger partial charge in [-0.2, -0.15) is 0 Å². The Balaban J connectivity index is 1.31. The van der Waals surface area contributed by atoms with Crippen LogP contribution in [0, 0.1) is 5.92 Å². The maximum atomic E-state index is 4.71. The number of anilines is 1. The molecule has 0 unspecified atom stereocenters. The van der Waals surface area contributed by atoms with Gasteiger partial charge >= 0.3 is 0 Å². The fourth-order valence-corrected chi connectivity index (χ4v) is 4.67. The average molecular weight is 421 g/mol. The first-order valence-corrected chi connectivity index (χ1v) is 11.6. The molecular weight excluding hydrogens is 384 g/mol. The number of pyridine rings is 1. The van der Waals surface area contributed by atoms with Crippen molar-refractivity contribution in [2.45, 2.75) is 25.8 Å². The molecule has 1 aromatic heterocycles. The van der Waals surface area contributed by atoms with E-state index in [4.69, 9.17) is 4.98 Å². The van der Waals surface area contributed by atoms with E-state index in [0.717, 1.165) is 63.5 Å². The normalized spacial score (nSPS) is 19.0. The van der Waals surface area contributed by atoms with Crippen LogP contribution in [-0.2, 0) is 13.0 Å². The second-order valence-electron chi connectivity index (χ2n) is 8.80. The van der Waals surface area contributed by atoms with Crippen LogP contribution in [0.25, 0.3) is 0 Å². The lowest BCUT2D eigenvalue weighted by molar-refractivity contribution is 0.259. The molecule has 0 amide bonds. The van der Waals surface area contributed by atoms with Crippen molar-refractivity contribution in [3.63, 3.8) is 0 Å². The summed E-state index contributed by atoms with van der Waals surface area (Å²) in [5.74, 6) is 2.88. The Morgan fingerprint density at radius 3 is 2.45 bits per heavy atom. The van der Waals surface area contributed by atoms with Crippen molar-refractivity contribution in [3.05, 3.63) is 59.8 Å². The minimum absolute atomic E-state index is 0.756. The molecule has 0 atom stereocenters. The maximum absolute atomic E-state index is 4.71. The smallest absolute Gasteiger partial charge is 0.193 e. The van der Waals surface area contributed by atoms with Crippen molar-refractivity contribution in [2.24, 2.45) is 10.9 Å². The summed E-state index contributed by atoms with van der Waals surface area (Å²) in [5, 5.41) is 3.61. The molecule has 6 heteroatoms. The van der Waals surface area contributed by atoms with Crippen molar-refractivity contribution in [2.75, 3.05) is 58.3 Å². The third kappa shape index (κ3) is 5.76. The highest BCUT2D eigenvalue weighted by atomic mass is 15.3. The third-order valence-corrected chi connectivity index (χ3v) is 6.60. The lowest BCUT2D eigenvalue weighted by atomic mass is 9.90. The molecule has 3 heterocycles. The summed E-state index contributed by atoms with van der Waals surface area (Å²) in [6, 6.07) is 15.1. The molecule has 4 rings (SSSR count). The molecule has 0 radical (unpaired) electrons. The SMILES string of the molecule is CN=C(NCc1cccnc1N1CCN(C)CC1)N1CCC(Cc2ccccc2)CC1. The summed E-state index contributed by atoms with van der Waals surface area (Å²) in [6.45, 7) is 7.12. The molecule has 166 valence electrons. The van der Waals surface area contributed by atoms with Crippen LogP contribution in [0.3, 0.4) is 0 Å². The van der Waals surface area contributed by atoms with Crippen LogP contribution in [0.2, 0.25) is 0 Å². The van der Waals surface area contributed by atoms with E-state index in [1.165, 1.54) is 30.4 Å². The molecule has 2 aliphatic rings. The van der Waals surface area contributed by atoms with Gasteiger partial charge in [0.05, 0.1) is 0 Å². The van der Waals surface area contributed by atoms with E-state index >= 15 is 0 Å². The standard InChI is InChI=1S/C25H36N6/c1-26-25(31-13-10-22(11-14-31)19-21-7-4-3-5-8-21)28-20-23-9-6-12-27-24(23)30-17-15-29(2)16-18-30/h3-9,12,22H,10-11,13-20H2,1-2H3,(H,26,28). The van der Waals surface area contributed by atoms with Gasteiger partial charge in [-0.15, -0.1) is 0 Å². The number of nitrogens with zero attached hydrogens (tertiary/aromatic N) is 5. The molecule has 0 saturated carbocycles. The Bertz CT molecular complexity index is 836. The summed E-state index contributed by atoms with van der Waals surface area (Å²) in [5.41, 5.74) is 2.70. The van der Waals surface area contributed by atoms with Gasteiger partial charge in [-0.05, 0) is 43.9 Å². The first-order chi connectivity index (χ1) is 15.2. The van der Waals surface area contributed by atoms with Crippen molar-refractivity contribution in [1.29, 1.82) is 0 Å². The first-order valence-electron chi connectivity index (χ1n) is 11.6. The number of aliphatic imine (C=N–C) groups is 1. The summed E-state index contributed by atoms with van der Waals surface area (Å²) >= 11 is 0. The van der Waals surface area contributed by atoms with Gasteiger partial charge in [0, 0.05) is 64.6 Å². The molecule has 1 N–H and O–H groups in total. The summed E-state index contributed by atoms with van der Waals surface area (Å²) < 4.78 is 0. The van der Waals surface area contributed by atoms with Gasteiger partial charge in [0.15, 0.2) is 5.96 Å². The average Bonchev–Trinajstić information content (AvgIpc) is 2.82. The van der Waals surface area contributed by atoms with Gasteiger partial charge in [-0.1, -0.05) is 36.4 Å². The summed E-state index contributed by atoms with van der Waals surface area (Å²) in [6.07, 6.45) is 5.53. The molecule has 2 saturated heterocycles. The lowest BCUT2D eigenvalue weighted by Crippen LogP contribution is -2.46. The number of hydrogen-bond donors (Lipinski definition) is 1. The van der Waals surface area contributed by atoms with Crippen molar-refractivity contribution < 1.29 is 0 Å². The van der Waals surface area contributed by atoms with Crippen LogP contribution in [0.15, 0.2) is 53.7 Å². The number of aromatic nitrogens is 1. The van der Waals surface area contributed by atoms with Gasteiger partial charge in [0.25, 0.3) is 0 Å². The molecule has 31 heavy (non-hydrogen) atoms. The van der Waals surface area contributed by atoms with E-state index in [-0.39, 0.29) is 0 Å². The van der Waals surface area contributed by atoms with Crippen LogP contribution in [0.4, 0.5) is 5.82 Å². The number of hydrogen-bond acceptors (Lipinski definition) is 4. The fraction of sp³-hybridized carbons (Fsp3) is 0.520. The number of likely N-dealkylation sites (tertiary alicyclic amines) is 1. The second kappa shape index (κ2) is 10.6. The molecule has 0 spiro atoms. The van der Waals surface area contributed by atoms with E-state index in [1.54, 1.807) is 0 Å². The first kappa shape index (κ1) is 21.6. The molecule has 0 aliphatic carbocycles. The van der Waals surface area contributed by atoms with Crippen molar-refractivity contribution in [1.82, 2.24) is 20.1 Å². The van der Waals surface area contributed by atoms with Gasteiger partial charge in [-0.3, -0.25) is 4.99 Å². The summed E-state index contributed by atoms with van der Waals surface area (Å²) in [4.78, 5) is 16.5. The number of piperazine rings is 1. The highest BCUT2D eigenvalue weighted by Gasteiger charge is 2.22. The van der Waals surface area contributed by atoms with E-state index in [9.17, 15) is 0 Å². The number of benzene rings is 1. The maximum Gasteiger partial charge on any atom is 0.193 e. The predicted octanol–water partition coefficient (Wildman–Crippen LogP) is 2.86. The van der Waals surface area contributed by atoms with Gasteiger partial charge in [-0.25, -0.2) is 4.98 Å². The third-order valence-electron chi connectivity index (χ3n) is 6.60. The quantitative estimate of drug-likeness (QED) is 0.595. The zero-order chi connectivity index (χ0) is 21.5. The van der Waals surface area contributed by atoms with Gasteiger partial charge in [0.2, 0.25) is 0 Å². The van der Waals surface area contributed by atoms with Crippen molar-refractivity contribution >= 4 is 11.8 Å². The largest absolute Gasteiger partial charge is 0.354 e. The predicted molar refractivity (Wildman–Crippen MR) is 129 cm³/mol. The highest BCUT2D eigenvalue weighted by molar-refractivity contribution is 5.80. The molecule has 2 aromatic rings. The number of likely N-dealkylation sites (N-methyl/N-ethyl adjacent to an activating group) is 1. The molecule has 0 bridgehead atoms. The van der Waals surface area contributed by atoms with Crippen LogP contribution in [0.5, 0.6) is 0 Å². The number of piperidine rings is 1. The van der Waals surface area contributed by atoms with Gasteiger partial charge in [0.1, 0.15) is 5.82 Å². The zero-order valence-corrected chi connectivity index (χ0v) is 19.0. The van der Waals surface area contributed by atoms with Gasteiger partial charge < -0.3 is 20.0 Å². The Hall–Kier alpha value is -2.60.